The van der Waals surface area contributed by atoms with E-state index in [4.69, 9.17) is 4.74 Å². The lowest BCUT2D eigenvalue weighted by Gasteiger charge is -2.16. The van der Waals surface area contributed by atoms with Crippen LogP contribution in [0.3, 0.4) is 0 Å². The average Bonchev–Trinajstić information content (AvgIpc) is 3.33. The van der Waals surface area contributed by atoms with Gasteiger partial charge in [-0.05, 0) is 55.8 Å². The van der Waals surface area contributed by atoms with Gasteiger partial charge in [0.1, 0.15) is 5.00 Å². The number of hydrogen-bond acceptors (Lipinski definition) is 7. The molecule has 35 heavy (non-hydrogen) atoms. The van der Waals surface area contributed by atoms with Crippen LogP contribution in [0.2, 0.25) is 0 Å². The maximum Gasteiger partial charge on any atom is 0.341 e. The fraction of sp³-hybridized carbons (Fsp3) is 0.231. The van der Waals surface area contributed by atoms with Crippen molar-refractivity contribution < 1.29 is 23.9 Å². The molecule has 9 heteroatoms. The molecule has 0 unspecified atom stereocenters. The molecular weight excluding hydrogens is 466 g/mol. The van der Waals surface area contributed by atoms with Gasteiger partial charge in [-0.3, -0.25) is 19.3 Å². The van der Waals surface area contributed by atoms with Crippen LogP contribution in [-0.4, -0.2) is 49.3 Å². The number of carbonyl (C=O) groups excluding carboxylic acids is 4. The third-order valence-electron chi connectivity index (χ3n) is 5.64. The number of nitrogens with one attached hydrogen (secondary N) is 1. The van der Waals surface area contributed by atoms with Crippen molar-refractivity contribution in [2.45, 2.75) is 20.4 Å². The van der Waals surface area contributed by atoms with Gasteiger partial charge in [0.25, 0.3) is 17.7 Å². The first-order valence-electron chi connectivity index (χ1n) is 11.1. The van der Waals surface area contributed by atoms with Crippen molar-refractivity contribution in [2.75, 3.05) is 30.9 Å². The molecule has 0 spiro atoms. The molecule has 1 N–H and O–H groups in total. The number of carbonyl (C=O) groups is 4. The molecule has 0 atom stereocenters. The van der Waals surface area contributed by atoms with Gasteiger partial charge in [-0.15, -0.1) is 11.3 Å². The Morgan fingerprint density at radius 1 is 1.03 bits per heavy atom. The van der Waals surface area contributed by atoms with E-state index in [0.29, 0.717) is 26.6 Å². The summed E-state index contributed by atoms with van der Waals surface area (Å²) >= 11 is 1.13. The number of amides is 3. The van der Waals surface area contributed by atoms with E-state index in [-0.39, 0.29) is 24.6 Å². The van der Waals surface area contributed by atoms with E-state index in [2.05, 4.69) is 5.32 Å². The van der Waals surface area contributed by atoms with Crippen molar-refractivity contribution in [3.8, 4) is 0 Å². The smallest absolute Gasteiger partial charge is 0.341 e. The van der Waals surface area contributed by atoms with Crippen LogP contribution in [0.15, 0.2) is 48.5 Å². The van der Waals surface area contributed by atoms with E-state index in [1.807, 2.05) is 32.0 Å². The van der Waals surface area contributed by atoms with Crippen LogP contribution >= 0.6 is 11.3 Å². The molecule has 0 saturated heterocycles. The summed E-state index contributed by atoms with van der Waals surface area (Å²) in [7, 11) is 3.85. The SMILES string of the molecule is CCOC(=O)c1cc(CN2C(=O)c3ccccc3C2=O)sc1NC(=O)c1ccc(N(C)C)c(C)c1. The molecule has 8 nitrogen and oxygen atoms in total. The molecule has 3 aromatic rings. The van der Waals surface area contributed by atoms with Gasteiger partial charge in [0.2, 0.25) is 0 Å². The minimum Gasteiger partial charge on any atom is -0.462 e. The molecule has 2 aromatic carbocycles. The number of nitrogens with zero attached hydrogens (tertiary/aromatic N) is 2. The fourth-order valence-corrected chi connectivity index (χ4v) is 5.01. The molecule has 1 aromatic heterocycles. The Bertz CT molecular complexity index is 1310. The first-order valence-corrected chi connectivity index (χ1v) is 11.9. The molecule has 0 aliphatic carbocycles. The third-order valence-corrected chi connectivity index (χ3v) is 6.67. The molecule has 1 aliphatic heterocycles. The zero-order valence-corrected chi connectivity index (χ0v) is 20.7. The highest BCUT2D eigenvalue weighted by atomic mass is 32.1. The second-order valence-corrected chi connectivity index (χ2v) is 9.40. The van der Waals surface area contributed by atoms with E-state index >= 15 is 0 Å². The highest BCUT2D eigenvalue weighted by Gasteiger charge is 2.35. The molecule has 180 valence electrons. The second kappa shape index (κ2) is 9.71. The number of ether oxygens (including phenoxy) is 1. The van der Waals surface area contributed by atoms with Crippen LogP contribution in [-0.2, 0) is 11.3 Å². The van der Waals surface area contributed by atoms with Crippen LogP contribution in [0.4, 0.5) is 10.7 Å². The van der Waals surface area contributed by atoms with Gasteiger partial charge in [0, 0.05) is 30.2 Å². The first kappa shape index (κ1) is 24.2. The van der Waals surface area contributed by atoms with Gasteiger partial charge in [0.05, 0.1) is 29.8 Å². The van der Waals surface area contributed by atoms with Gasteiger partial charge in [-0.25, -0.2) is 4.79 Å². The maximum absolute atomic E-state index is 13.0. The molecule has 0 fully saturated rings. The largest absolute Gasteiger partial charge is 0.462 e. The summed E-state index contributed by atoms with van der Waals surface area (Å²) < 4.78 is 5.16. The van der Waals surface area contributed by atoms with Gasteiger partial charge in [-0.1, -0.05) is 12.1 Å². The summed E-state index contributed by atoms with van der Waals surface area (Å²) in [6.07, 6.45) is 0. The third kappa shape index (κ3) is 4.67. The van der Waals surface area contributed by atoms with Gasteiger partial charge in [-0.2, -0.15) is 0 Å². The van der Waals surface area contributed by atoms with Crippen molar-refractivity contribution in [3.05, 3.63) is 81.2 Å². The number of aryl methyl sites for hydroxylation is 1. The lowest BCUT2D eigenvalue weighted by atomic mass is 10.1. The lowest BCUT2D eigenvalue weighted by molar-refractivity contribution is 0.0527. The van der Waals surface area contributed by atoms with Gasteiger partial charge < -0.3 is 15.0 Å². The van der Waals surface area contributed by atoms with E-state index in [0.717, 1.165) is 27.5 Å². The van der Waals surface area contributed by atoms with Crippen molar-refractivity contribution in [3.63, 3.8) is 0 Å². The van der Waals surface area contributed by atoms with Gasteiger partial charge in [0.15, 0.2) is 0 Å². The van der Waals surface area contributed by atoms with Crippen LogP contribution in [0.25, 0.3) is 0 Å². The number of esters is 1. The molecule has 1 aliphatic rings. The molecule has 0 radical (unpaired) electrons. The van der Waals surface area contributed by atoms with Crippen molar-refractivity contribution in [1.29, 1.82) is 0 Å². The summed E-state index contributed by atoms with van der Waals surface area (Å²) in [6, 6.07) is 13.6. The Balaban J connectivity index is 1.60. The monoisotopic (exact) mass is 491 g/mol. The maximum atomic E-state index is 13.0. The van der Waals surface area contributed by atoms with Crippen LogP contribution in [0, 0.1) is 6.92 Å². The quantitative estimate of drug-likeness (QED) is 0.390. The van der Waals surface area contributed by atoms with E-state index in [9.17, 15) is 19.2 Å². The Kier molecular flexibility index (Phi) is 6.70. The predicted molar refractivity (Wildman–Crippen MR) is 134 cm³/mol. The first-order chi connectivity index (χ1) is 16.7. The number of fused-ring (bicyclic) bond motifs is 1. The number of benzene rings is 2. The summed E-state index contributed by atoms with van der Waals surface area (Å²) in [5, 5.41) is 3.10. The average molecular weight is 492 g/mol. The highest BCUT2D eigenvalue weighted by molar-refractivity contribution is 7.16. The summed E-state index contributed by atoms with van der Waals surface area (Å²) in [6.45, 7) is 3.76. The van der Waals surface area contributed by atoms with Crippen molar-refractivity contribution in [1.82, 2.24) is 4.90 Å². The Labute approximate surface area is 207 Å². The second-order valence-electron chi connectivity index (χ2n) is 8.27. The number of anilines is 2. The molecule has 3 amide bonds. The van der Waals surface area contributed by atoms with Crippen molar-refractivity contribution in [2.24, 2.45) is 0 Å². The van der Waals surface area contributed by atoms with Gasteiger partial charge >= 0.3 is 5.97 Å². The normalized spacial score (nSPS) is 12.5. The zero-order valence-electron chi connectivity index (χ0n) is 19.9. The fourth-order valence-electron chi connectivity index (χ4n) is 3.99. The zero-order chi connectivity index (χ0) is 25.3. The van der Waals surface area contributed by atoms with Crippen LogP contribution in [0.5, 0.6) is 0 Å². The Morgan fingerprint density at radius 3 is 2.26 bits per heavy atom. The minimum absolute atomic E-state index is 0.0179. The van der Waals surface area contributed by atoms with Crippen LogP contribution in [0.1, 0.15) is 58.8 Å². The highest BCUT2D eigenvalue weighted by Crippen LogP contribution is 2.33. The number of rotatable bonds is 7. The predicted octanol–water partition coefficient (Wildman–Crippen LogP) is 4.35. The Morgan fingerprint density at radius 2 is 1.69 bits per heavy atom. The topological polar surface area (TPSA) is 96.0 Å². The molecular formula is C26H25N3O5S. The molecule has 2 heterocycles. The summed E-state index contributed by atoms with van der Waals surface area (Å²) in [5.41, 5.74) is 3.25. The summed E-state index contributed by atoms with van der Waals surface area (Å²) in [5.74, 6) is -1.75. The van der Waals surface area contributed by atoms with E-state index in [1.54, 1.807) is 49.4 Å². The number of thiophene rings is 1. The molecule has 0 bridgehead atoms. The number of imide groups is 1. The standard InChI is InChI=1S/C26H25N3O5S/c1-5-34-26(33)20-13-17(14-29-24(31)18-8-6-7-9-19(18)25(29)32)35-23(20)27-22(30)16-10-11-21(28(3)4)15(2)12-16/h6-13H,5,14H2,1-4H3,(H,27,30). The molecule has 4 rings (SSSR count). The number of hydrogen-bond donors (Lipinski definition) is 1. The van der Waals surface area contributed by atoms with Crippen LogP contribution < -0.4 is 10.2 Å². The van der Waals surface area contributed by atoms with Crippen molar-refractivity contribution >= 4 is 45.7 Å². The van der Waals surface area contributed by atoms with E-state index in [1.165, 1.54) is 0 Å². The van der Waals surface area contributed by atoms with E-state index < -0.39 is 17.8 Å². The molecule has 0 saturated carbocycles. The minimum atomic E-state index is -0.591. The Hall–Kier alpha value is -3.98. The summed E-state index contributed by atoms with van der Waals surface area (Å²) in [4.78, 5) is 54.8. The lowest BCUT2D eigenvalue weighted by Crippen LogP contribution is -2.28.